The molecule has 24 heavy (non-hydrogen) atoms. The Hall–Kier alpha value is -1.34. The van der Waals surface area contributed by atoms with Crippen molar-refractivity contribution in [3.8, 4) is 0 Å². The highest BCUT2D eigenvalue weighted by molar-refractivity contribution is 5.81. The lowest BCUT2D eigenvalue weighted by molar-refractivity contribution is -0.154. The lowest BCUT2D eigenvalue weighted by Gasteiger charge is -2.27. The number of amides is 1. The summed E-state index contributed by atoms with van der Waals surface area (Å²) in [6.45, 7) is 9.07. The summed E-state index contributed by atoms with van der Waals surface area (Å²) in [7, 11) is 0. The molecule has 0 aromatic carbocycles. The normalized spacial score (nSPS) is 29.0. The highest BCUT2D eigenvalue weighted by Gasteiger charge is 2.34. The molecule has 1 saturated heterocycles. The summed E-state index contributed by atoms with van der Waals surface area (Å²) in [5, 5.41) is 12.7. The van der Waals surface area contributed by atoms with Crippen LogP contribution >= 0.6 is 0 Å². The van der Waals surface area contributed by atoms with Crippen molar-refractivity contribution in [3.05, 3.63) is 0 Å². The topological polar surface area (TPSA) is 94.1 Å². The SMILES string of the molecule is CCCC[C@H]1[C@H](C)OC(=O)[C@@H](NC(=O)OC(C)(C)C)COC[C@@H]1O. The minimum absolute atomic E-state index is 0.0671. The summed E-state index contributed by atoms with van der Waals surface area (Å²) in [4.78, 5) is 24.2. The second kappa shape index (κ2) is 9.22. The van der Waals surface area contributed by atoms with Gasteiger partial charge < -0.3 is 24.6 Å². The third-order valence-electron chi connectivity index (χ3n) is 3.84. The molecule has 1 aliphatic heterocycles. The van der Waals surface area contributed by atoms with E-state index >= 15 is 0 Å². The second-order valence-corrected chi connectivity index (χ2v) is 7.25. The van der Waals surface area contributed by atoms with Crippen LogP contribution in [0.4, 0.5) is 4.79 Å². The summed E-state index contributed by atoms with van der Waals surface area (Å²) < 4.78 is 16.0. The van der Waals surface area contributed by atoms with Crippen LogP contribution in [0.15, 0.2) is 0 Å². The molecule has 140 valence electrons. The first-order valence-corrected chi connectivity index (χ1v) is 8.60. The van der Waals surface area contributed by atoms with Gasteiger partial charge in [-0.15, -0.1) is 0 Å². The Morgan fingerprint density at radius 1 is 1.38 bits per heavy atom. The van der Waals surface area contributed by atoms with E-state index in [0.717, 1.165) is 19.3 Å². The summed E-state index contributed by atoms with van der Waals surface area (Å²) in [5.74, 6) is -0.766. The number of hydrogen-bond donors (Lipinski definition) is 2. The molecule has 1 fully saturated rings. The van der Waals surface area contributed by atoms with Crippen molar-refractivity contribution in [2.24, 2.45) is 5.92 Å². The number of rotatable bonds is 4. The Labute approximate surface area is 144 Å². The van der Waals surface area contributed by atoms with Crippen LogP contribution in [-0.4, -0.2) is 54.2 Å². The summed E-state index contributed by atoms with van der Waals surface area (Å²) >= 11 is 0. The van der Waals surface area contributed by atoms with Crippen molar-refractivity contribution in [1.82, 2.24) is 5.32 Å². The number of nitrogens with one attached hydrogen (secondary N) is 1. The number of carbonyl (C=O) groups excluding carboxylic acids is 2. The van der Waals surface area contributed by atoms with Gasteiger partial charge in [0.25, 0.3) is 0 Å². The molecule has 0 saturated carbocycles. The number of aliphatic hydroxyl groups is 1. The van der Waals surface area contributed by atoms with Crippen LogP contribution in [0.2, 0.25) is 0 Å². The summed E-state index contributed by atoms with van der Waals surface area (Å²) in [6, 6.07) is -0.959. The Balaban J connectivity index is 2.72. The predicted molar refractivity (Wildman–Crippen MR) is 88.6 cm³/mol. The molecule has 7 nitrogen and oxygen atoms in total. The predicted octanol–water partition coefficient (Wildman–Crippen LogP) is 2.01. The van der Waals surface area contributed by atoms with E-state index in [-0.39, 0.29) is 19.1 Å². The maximum absolute atomic E-state index is 12.3. The molecule has 2 N–H and O–H groups in total. The van der Waals surface area contributed by atoms with Crippen LogP contribution < -0.4 is 5.32 Å². The molecule has 1 amide bonds. The van der Waals surface area contributed by atoms with Gasteiger partial charge in [-0.05, 0) is 34.1 Å². The number of ether oxygens (including phenoxy) is 3. The highest BCUT2D eigenvalue weighted by atomic mass is 16.6. The van der Waals surface area contributed by atoms with E-state index < -0.39 is 35.9 Å². The zero-order valence-electron chi connectivity index (χ0n) is 15.3. The fourth-order valence-corrected chi connectivity index (χ4v) is 2.58. The Morgan fingerprint density at radius 2 is 2.04 bits per heavy atom. The Kier molecular flexibility index (Phi) is 7.96. The van der Waals surface area contributed by atoms with Crippen LogP contribution in [0.25, 0.3) is 0 Å². The van der Waals surface area contributed by atoms with Crippen LogP contribution in [0.3, 0.4) is 0 Å². The number of aliphatic hydroxyl groups excluding tert-OH is 1. The zero-order chi connectivity index (χ0) is 18.3. The molecule has 0 aliphatic carbocycles. The molecular formula is C17H31NO6. The van der Waals surface area contributed by atoms with Crippen molar-refractivity contribution in [2.75, 3.05) is 13.2 Å². The maximum Gasteiger partial charge on any atom is 0.408 e. The van der Waals surface area contributed by atoms with Crippen LogP contribution in [0, 0.1) is 5.92 Å². The van der Waals surface area contributed by atoms with Gasteiger partial charge in [0.2, 0.25) is 0 Å². The number of alkyl carbamates (subject to hydrolysis) is 1. The number of cyclic esters (lactones) is 1. The van der Waals surface area contributed by atoms with Crippen molar-refractivity contribution < 1.29 is 28.9 Å². The van der Waals surface area contributed by atoms with Gasteiger partial charge >= 0.3 is 12.1 Å². The van der Waals surface area contributed by atoms with Crippen molar-refractivity contribution in [3.63, 3.8) is 0 Å². The fraction of sp³-hybridized carbons (Fsp3) is 0.882. The summed E-state index contributed by atoms with van der Waals surface area (Å²) in [6.07, 6.45) is 0.808. The minimum Gasteiger partial charge on any atom is -0.461 e. The molecule has 0 unspecified atom stereocenters. The molecule has 7 heteroatoms. The van der Waals surface area contributed by atoms with Crippen LogP contribution in [0.5, 0.6) is 0 Å². The molecule has 1 rings (SSSR count). The standard InChI is InChI=1S/C17H31NO6/c1-6-7-8-12-11(2)23-15(20)13(9-22-10-14(12)19)18-16(21)24-17(3,4)5/h11-14,19H,6-10H2,1-5H3,(H,18,21)/t11-,12-,13-,14-/m0/s1. The largest absolute Gasteiger partial charge is 0.461 e. The molecular weight excluding hydrogens is 314 g/mol. The minimum atomic E-state index is -0.959. The first-order chi connectivity index (χ1) is 11.1. The molecule has 1 aliphatic rings. The monoisotopic (exact) mass is 345 g/mol. The van der Waals surface area contributed by atoms with E-state index in [1.807, 2.05) is 0 Å². The molecule has 0 bridgehead atoms. The lowest BCUT2D eigenvalue weighted by atomic mass is 9.91. The van der Waals surface area contributed by atoms with Crippen molar-refractivity contribution >= 4 is 12.1 Å². The van der Waals surface area contributed by atoms with Crippen molar-refractivity contribution in [2.45, 2.75) is 77.7 Å². The van der Waals surface area contributed by atoms with E-state index in [4.69, 9.17) is 14.2 Å². The second-order valence-electron chi connectivity index (χ2n) is 7.25. The average molecular weight is 345 g/mol. The zero-order valence-corrected chi connectivity index (χ0v) is 15.3. The van der Waals surface area contributed by atoms with Gasteiger partial charge in [0.05, 0.1) is 19.3 Å². The van der Waals surface area contributed by atoms with Gasteiger partial charge in [0, 0.05) is 5.92 Å². The van der Waals surface area contributed by atoms with Gasteiger partial charge in [-0.2, -0.15) is 0 Å². The number of esters is 1. The van der Waals surface area contributed by atoms with E-state index in [2.05, 4.69) is 12.2 Å². The third-order valence-corrected chi connectivity index (χ3v) is 3.84. The van der Waals surface area contributed by atoms with Gasteiger partial charge in [-0.25, -0.2) is 9.59 Å². The van der Waals surface area contributed by atoms with Crippen LogP contribution in [0.1, 0.15) is 53.9 Å². The number of carbonyl (C=O) groups is 2. The van der Waals surface area contributed by atoms with Gasteiger partial charge in [0.1, 0.15) is 11.7 Å². The number of hydrogen-bond acceptors (Lipinski definition) is 6. The highest BCUT2D eigenvalue weighted by Crippen LogP contribution is 2.22. The quantitative estimate of drug-likeness (QED) is 0.757. The fourth-order valence-electron chi connectivity index (χ4n) is 2.58. The van der Waals surface area contributed by atoms with Gasteiger partial charge in [-0.1, -0.05) is 19.8 Å². The first-order valence-electron chi connectivity index (χ1n) is 8.60. The average Bonchev–Trinajstić information content (AvgIpc) is 2.47. The molecule has 0 aromatic rings. The van der Waals surface area contributed by atoms with E-state index in [0.29, 0.717) is 0 Å². The van der Waals surface area contributed by atoms with Gasteiger partial charge in [-0.3, -0.25) is 0 Å². The molecule has 1 heterocycles. The summed E-state index contributed by atoms with van der Waals surface area (Å²) in [5.41, 5.74) is -0.665. The van der Waals surface area contributed by atoms with E-state index in [9.17, 15) is 14.7 Å². The number of unbranched alkanes of at least 4 members (excludes halogenated alkanes) is 1. The molecule has 0 spiro atoms. The third kappa shape index (κ3) is 7.05. The lowest BCUT2D eigenvalue weighted by Crippen LogP contribution is -2.47. The Bertz CT molecular complexity index is 420. The van der Waals surface area contributed by atoms with Gasteiger partial charge in [0.15, 0.2) is 6.04 Å². The van der Waals surface area contributed by atoms with Crippen molar-refractivity contribution in [1.29, 1.82) is 0 Å². The van der Waals surface area contributed by atoms with Crippen LogP contribution in [-0.2, 0) is 19.0 Å². The van der Waals surface area contributed by atoms with E-state index in [1.54, 1.807) is 27.7 Å². The van der Waals surface area contributed by atoms with E-state index in [1.165, 1.54) is 0 Å². The maximum atomic E-state index is 12.3. The molecule has 0 aromatic heterocycles. The first kappa shape index (κ1) is 20.7. The molecule has 0 radical (unpaired) electrons. The molecule has 4 atom stereocenters. The smallest absolute Gasteiger partial charge is 0.408 e. The Morgan fingerprint density at radius 3 is 2.62 bits per heavy atom.